The van der Waals surface area contributed by atoms with Crippen LogP contribution in [-0.4, -0.2) is 19.1 Å². The summed E-state index contributed by atoms with van der Waals surface area (Å²) < 4.78 is 5.16. The average molecular weight is 340 g/mol. The first-order chi connectivity index (χ1) is 12.0. The zero-order valence-corrected chi connectivity index (χ0v) is 15.2. The van der Waals surface area contributed by atoms with Crippen molar-refractivity contribution in [1.82, 2.24) is 5.32 Å². The molecule has 134 valence electrons. The van der Waals surface area contributed by atoms with E-state index in [1.807, 2.05) is 56.3 Å². The number of aryl methyl sites for hydroxylation is 1. The van der Waals surface area contributed by atoms with Crippen LogP contribution in [0.25, 0.3) is 0 Å². The predicted molar refractivity (Wildman–Crippen MR) is 101 cm³/mol. The summed E-state index contributed by atoms with van der Waals surface area (Å²) in [5.74, 6) is 0.582. The van der Waals surface area contributed by atoms with E-state index in [1.165, 1.54) is 5.56 Å². The van der Waals surface area contributed by atoms with Gasteiger partial charge in [-0.3, -0.25) is 4.79 Å². The second-order valence-corrected chi connectivity index (χ2v) is 6.52. The normalized spacial score (nSPS) is 14.4. The monoisotopic (exact) mass is 340 g/mol. The summed E-state index contributed by atoms with van der Waals surface area (Å²) in [5, 5.41) is 3.08. The number of hydrogen-bond acceptors (Lipinski definition) is 3. The molecular weight excluding hydrogens is 312 g/mol. The number of carbonyl (C=O) groups excluding carboxylic acids is 1. The number of nitrogens with one attached hydrogen (secondary N) is 1. The topological polar surface area (TPSA) is 64.3 Å². The van der Waals surface area contributed by atoms with E-state index in [9.17, 15) is 4.79 Å². The van der Waals surface area contributed by atoms with Crippen molar-refractivity contribution in [2.45, 2.75) is 38.8 Å². The lowest BCUT2D eigenvalue weighted by atomic mass is 9.94. The Bertz CT molecular complexity index is 655. The Balaban J connectivity index is 1.82. The highest BCUT2D eigenvalue weighted by Gasteiger charge is 2.23. The molecule has 3 atom stereocenters. The van der Waals surface area contributed by atoms with Crippen molar-refractivity contribution < 1.29 is 9.53 Å². The maximum atomic E-state index is 12.5. The van der Waals surface area contributed by atoms with Crippen LogP contribution < -0.4 is 15.8 Å². The van der Waals surface area contributed by atoms with Gasteiger partial charge in [0.15, 0.2) is 0 Å². The summed E-state index contributed by atoms with van der Waals surface area (Å²) in [6, 6.07) is 17.6. The zero-order valence-electron chi connectivity index (χ0n) is 15.2. The third-order valence-corrected chi connectivity index (χ3v) is 4.55. The first kappa shape index (κ1) is 19.0. The van der Waals surface area contributed by atoms with Gasteiger partial charge in [-0.05, 0) is 43.0 Å². The maximum absolute atomic E-state index is 12.5. The molecule has 0 aliphatic heterocycles. The van der Waals surface area contributed by atoms with Crippen LogP contribution in [0.4, 0.5) is 0 Å². The first-order valence-corrected chi connectivity index (χ1v) is 8.75. The summed E-state index contributed by atoms with van der Waals surface area (Å²) >= 11 is 0. The van der Waals surface area contributed by atoms with Gasteiger partial charge in [0.25, 0.3) is 0 Å². The van der Waals surface area contributed by atoms with Crippen molar-refractivity contribution in [3.63, 3.8) is 0 Å². The van der Waals surface area contributed by atoms with Crippen LogP contribution in [-0.2, 0) is 11.2 Å². The molecular formula is C21H28N2O2. The number of ether oxygens (including phenoxy) is 1. The minimum atomic E-state index is -0.296. The van der Waals surface area contributed by atoms with Crippen LogP contribution in [0, 0.1) is 5.92 Å². The van der Waals surface area contributed by atoms with Crippen molar-refractivity contribution >= 4 is 5.91 Å². The Morgan fingerprint density at radius 2 is 1.72 bits per heavy atom. The molecule has 0 aliphatic carbocycles. The van der Waals surface area contributed by atoms with Gasteiger partial charge in [-0.1, -0.05) is 49.4 Å². The van der Waals surface area contributed by atoms with Crippen molar-refractivity contribution in [2.24, 2.45) is 11.7 Å². The van der Waals surface area contributed by atoms with E-state index in [1.54, 1.807) is 7.11 Å². The van der Waals surface area contributed by atoms with Gasteiger partial charge in [-0.25, -0.2) is 0 Å². The molecule has 0 bridgehead atoms. The summed E-state index contributed by atoms with van der Waals surface area (Å²) in [6.07, 6.45) is 1.79. The fourth-order valence-corrected chi connectivity index (χ4v) is 2.75. The third-order valence-electron chi connectivity index (χ3n) is 4.55. The standard InChI is InChI=1S/C21H28N2O2/c1-15(9-10-17-11-13-19(25-3)14-12-17)23-21(24)16(2)20(22)18-7-5-4-6-8-18/h4-8,11-16,20H,9-10,22H2,1-3H3,(H,23,24). The van der Waals surface area contributed by atoms with E-state index < -0.39 is 0 Å². The van der Waals surface area contributed by atoms with E-state index >= 15 is 0 Å². The highest BCUT2D eigenvalue weighted by molar-refractivity contribution is 5.79. The van der Waals surface area contributed by atoms with Crippen molar-refractivity contribution in [3.8, 4) is 5.75 Å². The van der Waals surface area contributed by atoms with Gasteiger partial charge in [0.2, 0.25) is 5.91 Å². The number of amides is 1. The van der Waals surface area contributed by atoms with Crippen LogP contribution in [0.5, 0.6) is 5.75 Å². The molecule has 4 nitrogen and oxygen atoms in total. The molecule has 0 aromatic heterocycles. The Kier molecular flexibility index (Phi) is 7.02. The summed E-state index contributed by atoms with van der Waals surface area (Å²) in [6.45, 7) is 3.91. The first-order valence-electron chi connectivity index (χ1n) is 8.75. The Hall–Kier alpha value is -2.33. The van der Waals surface area contributed by atoms with E-state index in [2.05, 4.69) is 17.4 Å². The Morgan fingerprint density at radius 1 is 1.08 bits per heavy atom. The minimum absolute atomic E-state index is 0.00131. The molecule has 0 saturated heterocycles. The Labute approximate surface area is 150 Å². The molecule has 0 spiro atoms. The second-order valence-electron chi connectivity index (χ2n) is 6.52. The Morgan fingerprint density at radius 3 is 2.32 bits per heavy atom. The van der Waals surface area contributed by atoms with Crippen molar-refractivity contribution in [2.75, 3.05) is 7.11 Å². The van der Waals surface area contributed by atoms with Gasteiger partial charge >= 0.3 is 0 Å². The summed E-state index contributed by atoms with van der Waals surface area (Å²) in [4.78, 5) is 12.5. The molecule has 4 heteroatoms. The molecule has 2 aromatic carbocycles. The van der Waals surface area contributed by atoms with Gasteiger partial charge in [0.1, 0.15) is 5.75 Å². The van der Waals surface area contributed by atoms with Crippen molar-refractivity contribution in [3.05, 3.63) is 65.7 Å². The molecule has 2 aromatic rings. The fourth-order valence-electron chi connectivity index (χ4n) is 2.75. The molecule has 3 N–H and O–H groups in total. The molecule has 3 unspecified atom stereocenters. The van der Waals surface area contributed by atoms with Gasteiger partial charge < -0.3 is 15.8 Å². The second kappa shape index (κ2) is 9.23. The molecule has 0 fully saturated rings. The number of benzene rings is 2. The SMILES string of the molecule is COc1ccc(CCC(C)NC(=O)C(C)C(N)c2ccccc2)cc1. The third kappa shape index (κ3) is 5.61. The van der Waals surface area contributed by atoms with E-state index in [0.717, 1.165) is 24.2 Å². The molecule has 1 amide bonds. The van der Waals surface area contributed by atoms with Gasteiger partial charge in [-0.15, -0.1) is 0 Å². The molecule has 2 rings (SSSR count). The van der Waals surface area contributed by atoms with Crippen LogP contribution in [0.15, 0.2) is 54.6 Å². The average Bonchev–Trinajstić information content (AvgIpc) is 2.66. The molecule has 0 radical (unpaired) electrons. The lowest BCUT2D eigenvalue weighted by Gasteiger charge is -2.22. The summed E-state index contributed by atoms with van der Waals surface area (Å²) in [5.41, 5.74) is 8.45. The van der Waals surface area contributed by atoms with Gasteiger partial charge in [0.05, 0.1) is 13.0 Å². The van der Waals surface area contributed by atoms with Crippen LogP contribution >= 0.6 is 0 Å². The number of rotatable bonds is 8. The lowest BCUT2D eigenvalue weighted by molar-refractivity contribution is -0.125. The fraction of sp³-hybridized carbons (Fsp3) is 0.381. The van der Waals surface area contributed by atoms with Gasteiger partial charge in [0, 0.05) is 12.1 Å². The van der Waals surface area contributed by atoms with E-state index in [0.29, 0.717) is 0 Å². The summed E-state index contributed by atoms with van der Waals surface area (Å²) in [7, 11) is 1.66. The number of hydrogen-bond donors (Lipinski definition) is 2. The number of methoxy groups -OCH3 is 1. The molecule has 0 aliphatic rings. The van der Waals surface area contributed by atoms with Crippen LogP contribution in [0.3, 0.4) is 0 Å². The number of nitrogens with two attached hydrogens (primary N) is 1. The van der Waals surface area contributed by atoms with E-state index in [-0.39, 0.29) is 23.9 Å². The molecule has 0 heterocycles. The predicted octanol–water partition coefficient (Wildman–Crippen LogP) is 3.47. The van der Waals surface area contributed by atoms with Crippen LogP contribution in [0.2, 0.25) is 0 Å². The largest absolute Gasteiger partial charge is 0.497 e. The minimum Gasteiger partial charge on any atom is -0.497 e. The molecule has 25 heavy (non-hydrogen) atoms. The lowest BCUT2D eigenvalue weighted by Crippen LogP contribution is -2.40. The highest BCUT2D eigenvalue weighted by atomic mass is 16.5. The maximum Gasteiger partial charge on any atom is 0.224 e. The molecule has 0 saturated carbocycles. The number of carbonyl (C=O) groups is 1. The van der Waals surface area contributed by atoms with E-state index in [4.69, 9.17) is 10.5 Å². The van der Waals surface area contributed by atoms with Crippen LogP contribution in [0.1, 0.15) is 37.4 Å². The smallest absolute Gasteiger partial charge is 0.224 e. The van der Waals surface area contributed by atoms with Crippen molar-refractivity contribution in [1.29, 1.82) is 0 Å². The van der Waals surface area contributed by atoms with Gasteiger partial charge in [-0.2, -0.15) is 0 Å². The highest BCUT2D eigenvalue weighted by Crippen LogP contribution is 2.19. The quantitative estimate of drug-likeness (QED) is 0.773. The zero-order chi connectivity index (χ0) is 18.2.